The van der Waals surface area contributed by atoms with Gasteiger partial charge in [0.1, 0.15) is 5.75 Å². The van der Waals surface area contributed by atoms with E-state index < -0.39 is 12.5 Å². The average molecular weight is 499 g/mol. The molecule has 1 aliphatic heterocycles. The molecule has 0 radical (unpaired) electrons. The molecular formula is C26H21ClF2N2O4. The van der Waals surface area contributed by atoms with Crippen molar-refractivity contribution in [3.8, 4) is 5.75 Å². The Balaban J connectivity index is 1.47. The lowest BCUT2D eigenvalue weighted by molar-refractivity contribution is -0.0503. The van der Waals surface area contributed by atoms with Gasteiger partial charge in [-0.2, -0.15) is 8.78 Å². The second-order valence-electron chi connectivity index (χ2n) is 7.84. The van der Waals surface area contributed by atoms with Crippen molar-refractivity contribution >= 4 is 29.2 Å². The third-order valence-electron chi connectivity index (χ3n) is 5.70. The standard InChI is InChI=1S/C26H21ClF2N2O4/c27-18-11-9-17(10-12-18)23(32)19-5-1-2-6-20(19)24(33)30-13-15-31(16-14-30)25(34)21-7-3-4-8-22(21)35-26(28)29/h1-12,26H,13-16H2. The first-order valence-electron chi connectivity index (χ1n) is 10.9. The van der Waals surface area contributed by atoms with Crippen LogP contribution < -0.4 is 4.74 Å². The maximum atomic E-state index is 13.3. The van der Waals surface area contributed by atoms with Gasteiger partial charge in [-0.15, -0.1) is 0 Å². The van der Waals surface area contributed by atoms with E-state index in [2.05, 4.69) is 4.74 Å². The molecule has 3 aromatic rings. The maximum Gasteiger partial charge on any atom is 0.387 e. The second-order valence-corrected chi connectivity index (χ2v) is 8.28. The van der Waals surface area contributed by atoms with Gasteiger partial charge >= 0.3 is 6.61 Å². The quantitative estimate of drug-likeness (QED) is 0.459. The molecule has 180 valence electrons. The molecular weight excluding hydrogens is 478 g/mol. The van der Waals surface area contributed by atoms with Crippen molar-refractivity contribution < 1.29 is 27.9 Å². The predicted octanol–water partition coefficient (Wildman–Crippen LogP) is 4.77. The van der Waals surface area contributed by atoms with Gasteiger partial charge in [0.25, 0.3) is 11.8 Å². The van der Waals surface area contributed by atoms with E-state index in [9.17, 15) is 23.2 Å². The van der Waals surface area contributed by atoms with Gasteiger partial charge in [0.05, 0.1) is 11.1 Å². The SMILES string of the molecule is O=C(c1ccc(Cl)cc1)c1ccccc1C(=O)N1CCN(C(=O)c2ccccc2OC(F)F)CC1. The second kappa shape index (κ2) is 10.7. The van der Waals surface area contributed by atoms with Crippen LogP contribution in [0.1, 0.15) is 36.6 Å². The lowest BCUT2D eigenvalue weighted by atomic mass is 9.97. The number of ether oxygens (including phenoxy) is 1. The first kappa shape index (κ1) is 24.3. The Morgan fingerprint density at radius 3 is 1.77 bits per heavy atom. The molecule has 3 aromatic carbocycles. The smallest absolute Gasteiger partial charge is 0.387 e. The number of benzene rings is 3. The van der Waals surface area contributed by atoms with Gasteiger partial charge in [-0.05, 0) is 42.5 Å². The summed E-state index contributed by atoms with van der Waals surface area (Å²) in [7, 11) is 0. The molecule has 0 saturated carbocycles. The zero-order valence-corrected chi connectivity index (χ0v) is 19.3. The Kier molecular flexibility index (Phi) is 7.41. The van der Waals surface area contributed by atoms with Crippen LogP contribution in [-0.2, 0) is 0 Å². The first-order valence-corrected chi connectivity index (χ1v) is 11.2. The Labute approximate surface area is 205 Å². The number of nitrogens with zero attached hydrogens (tertiary/aromatic N) is 2. The van der Waals surface area contributed by atoms with Gasteiger partial charge in [-0.3, -0.25) is 14.4 Å². The summed E-state index contributed by atoms with van der Waals surface area (Å²) in [5.41, 5.74) is 0.987. The van der Waals surface area contributed by atoms with E-state index in [1.807, 2.05) is 0 Å². The highest BCUT2D eigenvalue weighted by Gasteiger charge is 2.29. The zero-order chi connectivity index (χ0) is 24.9. The summed E-state index contributed by atoms with van der Waals surface area (Å²) in [4.78, 5) is 42.3. The van der Waals surface area contributed by atoms with Gasteiger partial charge < -0.3 is 14.5 Å². The van der Waals surface area contributed by atoms with E-state index in [1.165, 1.54) is 23.1 Å². The third-order valence-corrected chi connectivity index (χ3v) is 5.95. The molecule has 0 atom stereocenters. The summed E-state index contributed by atoms with van der Waals surface area (Å²) in [6, 6.07) is 18.8. The van der Waals surface area contributed by atoms with Crippen LogP contribution in [0, 0.1) is 0 Å². The summed E-state index contributed by atoms with van der Waals surface area (Å²) in [6.07, 6.45) is 0. The summed E-state index contributed by atoms with van der Waals surface area (Å²) < 4.78 is 29.9. The molecule has 6 nitrogen and oxygen atoms in total. The summed E-state index contributed by atoms with van der Waals surface area (Å²) in [5, 5.41) is 0.502. The largest absolute Gasteiger partial charge is 0.434 e. The Morgan fingerprint density at radius 1 is 0.714 bits per heavy atom. The van der Waals surface area contributed by atoms with E-state index in [-0.39, 0.29) is 60.3 Å². The average Bonchev–Trinajstić information content (AvgIpc) is 2.88. The highest BCUT2D eigenvalue weighted by Crippen LogP contribution is 2.23. The monoisotopic (exact) mass is 498 g/mol. The summed E-state index contributed by atoms with van der Waals surface area (Å²) in [5.74, 6) is -1.26. The highest BCUT2D eigenvalue weighted by atomic mass is 35.5. The molecule has 1 fully saturated rings. The van der Waals surface area contributed by atoms with Crippen LogP contribution in [0.4, 0.5) is 8.78 Å². The first-order chi connectivity index (χ1) is 16.8. The fourth-order valence-corrected chi connectivity index (χ4v) is 4.05. The van der Waals surface area contributed by atoms with Gasteiger partial charge in [-0.1, -0.05) is 41.9 Å². The van der Waals surface area contributed by atoms with E-state index in [0.29, 0.717) is 10.6 Å². The van der Waals surface area contributed by atoms with Gasteiger partial charge in [-0.25, -0.2) is 0 Å². The topological polar surface area (TPSA) is 66.9 Å². The Bertz CT molecular complexity index is 1240. The number of hydrogen-bond donors (Lipinski definition) is 0. The normalized spacial score (nSPS) is 13.6. The lowest BCUT2D eigenvalue weighted by Crippen LogP contribution is -2.50. The van der Waals surface area contributed by atoms with Crippen molar-refractivity contribution in [2.75, 3.05) is 26.2 Å². The summed E-state index contributed by atoms with van der Waals surface area (Å²) in [6.45, 7) is -2.17. The van der Waals surface area contributed by atoms with Crippen LogP contribution in [0.2, 0.25) is 5.02 Å². The molecule has 1 aliphatic rings. The number of ketones is 1. The zero-order valence-electron chi connectivity index (χ0n) is 18.5. The van der Waals surface area contributed by atoms with E-state index in [0.717, 1.165) is 0 Å². The van der Waals surface area contributed by atoms with Crippen molar-refractivity contribution in [1.29, 1.82) is 0 Å². The van der Waals surface area contributed by atoms with E-state index >= 15 is 0 Å². The number of halogens is 3. The predicted molar refractivity (Wildman–Crippen MR) is 126 cm³/mol. The van der Waals surface area contributed by atoms with Crippen molar-refractivity contribution in [2.24, 2.45) is 0 Å². The number of piperazine rings is 1. The molecule has 0 aromatic heterocycles. The third kappa shape index (κ3) is 5.49. The molecule has 0 aliphatic carbocycles. The van der Waals surface area contributed by atoms with Crippen molar-refractivity contribution in [3.63, 3.8) is 0 Å². The number of carbonyl (C=O) groups excluding carboxylic acids is 3. The molecule has 0 spiro atoms. The van der Waals surface area contributed by atoms with Crippen LogP contribution >= 0.6 is 11.6 Å². The number of amides is 2. The molecule has 2 amide bonds. The minimum atomic E-state index is -3.05. The van der Waals surface area contributed by atoms with Crippen LogP contribution in [0.25, 0.3) is 0 Å². The number of alkyl halides is 2. The van der Waals surface area contributed by atoms with Gasteiger partial charge in [0, 0.05) is 42.3 Å². The van der Waals surface area contributed by atoms with E-state index in [1.54, 1.807) is 59.5 Å². The minimum Gasteiger partial charge on any atom is -0.434 e. The fraction of sp³-hybridized carbons (Fsp3) is 0.192. The van der Waals surface area contributed by atoms with Gasteiger partial charge in [0.2, 0.25) is 0 Å². The lowest BCUT2D eigenvalue weighted by Gasteiger charge is -2.35. The van der Waals surface area contributed by atoms with Crippen molar-refractivity contribution in [3.05, 3.63) is 100 Å². The molecule has 0 bridgehead atoms. The Hall–Kier alpha value is -3.78. The Morgan fingerprint density at radius 2 is 1.20 bits per heavy atom. The minimum absolute atomic E-state index is 0.0338. The molecule has 1 saturated heterocycles. The molecule has 4 rings (SSSR count). The fourth-order valence-electron chi connectivity index (χ4n) is 3.92. The molecule has 35 heavy (non-hydrogen) atoms. The number of hydrogen-bond acceptors (Lipinski definition) is 4. The maximum absolute atomic E-state index is 13.3. The van der Waals surface area contributed by atoms with Crippen molar-refractivity contribution in [2.45, 2.75) is 6.61 Å². The number of para-hydroxylation sites is 1. The van der Waals surface area contributed by atoms with Gasteiger partial charge in [0.15, 0.2) is 5.78 Å². The van der Waals surface area contributed by atoms with Crippen LogP contribution in [0.15, 0.2) is 72.8 Å². The van der Waals surface area contributed by atoms with Crippen molar-refractivity contribution in [1.82, 2.24) is 9.80 Å². The molecule has 1 heterocycles. The molecule has 9 heteroatoms. The number of carbonyl (C=O) groups is 3. The highest BCUT2D eigenvalue weighted by molar-refractivity contribution is 6.30. The van der Waals surface area contributed by atoms with Crippen LogP contribution in [-0.4, -0.2) is 60.2 Å². The van der Waals surface area contributed by atoms with E-state index in [4.69, 9.17) is 11.6 Å². The van der Waals surface area contributed by atoms with Crippen LogP contribution in [0.5, 0.6) is 5.75 Å². The summed E-state index contributed by atoms with van der Waals surface area (Å²) >= 11 is 5.91. The molecule has 0 N–H and O–H groups in total. The number of rotatable bonds is 6. The van der Waals surface area contributed by atoms with Crippen LogP contribution in [0.3, 0.4) is 0 Å². The molecule has 0 unspecified atom stereocenters.